The molecule has 0 unspecified atom stereocenters. The summed E-state index contributed by atoms with van der Waals surface area (Å²) in [6.07, 6.45) is 8.09. The van der Waals surface area contributed by atoms with E-state index in [1.165, 1.54) is 43.7 Å². The fraction of sp³-hybridized carbons (Fsp3) is 0.500. The van der Waals surface area contributed by atoms with Crippen molar-refractivity contribution in [1.29, 1.82) is 0 Å². The summed E-state index contributed by atoms with van der Waals surface area (Å²) >= 11 is 0. The Kier molecular flexibility index (Phi) is 6.87. The van der Waals surface area contributed by atoms with Crippen molar-refractivity contribution in [3.8, 4) is 16.9 Å². The molecule has 0 heterocycles. The maximum atomic E-state index is 14.5. The third-order valence-corrected chi connectivity index (χ3v) is 5.92. The first kappa shape index (κ1) is 19.9. The van der Waals surface area contributed by atoms with E-state index in [0.29, 0.717) is 18.1 Å². The van der Waals surface area contributed by atoms with E-state index in [1.807, 2.05) is 19.1 Å². The van der Waals surface area contributed by atoms with Crippen LogP contribution in [0.4, 0.5) is 8.78 Å². The van der Waals surface area contributed by atoms with Crippen LogP contribution in [-0.2, 0) is 0 Å². The van der Waals surface area contributed by atoms with E-state index in [1.54, 1.807) is 6.07 Å². The van der Waals surface area contributed by atoms with Crippen LogP contribution in [0.2, 0.25) is 0 Å². The lowest BCUT2D eigenvalue weighted by Gasteiger charge is -2.28. The minimum absolute atomic E-state index is 0.00555. The minimum Gasteiger partial charge on any atom is -0.490 e. The average Bonchev–Trinajstić information content (AvgIpc) is 2.72. The van der Waals surface area contributed by atoms with Crippen molar-refractivity contribution in [2.75, 3.05) is 6.61 Å². The molecule has 2 aromatic rings. The van der Waals surface area contributed by atoms with Crippen LogP contribution in [-0.4, -0.2) is 6.61 Å². The smallest absolute Gasteiger partial charge is 0.201 e. The van der Waals surface area contributed by atoms with Crippen molar-refractivity contribution >= 4 is 0 Å². The summed E-state index contributed by atoms with van der Waals surface area (Å²) in [7, 11) is 0. The van der Waals surface area contributed by atoms with Gasteiger partial charge in [0.15, 0.2) is 11.6 Å². The summed E-state index contributed by atoms with van der Waals surface area (Å²) in [4.78, 5) is 0. The van der Waals surface area contributed by atoms with Gasteiger partial charge in [0.1, 0.15) is 0 Å². The fourth-order valence-corrected chi connectivity index (χ4v) is 4.03. The molecule has 0 bridgehead atoms. The molecule has 3 rings (SSSR count). The van der Waals surface area contributed by atoms with Crippen LogP contribution >= 0.6 is 0 Å². The standard InChI is InChI=1S/C24H30F2O/c1-3-5-16-27-22-15-14-21(23(25)24(22)26)20-12-10-19(11-13-20)18-8-6-17(4-2)7-9-18/h10-15,17-18H,3-9,16H2,1-2H3. The lowest BCUT2D eigenvalue weighted by atomic mass is 9.77. The van der Waals surface area contributed by atoms with Gasteiger partial charge in [0.25, 0.3) is 0 Å². The lowest BCUT2D eigenvalue weighted by Crippen LogP contribution is -2.12. The van der Waals surface area contributed by atoms with Gasteiger partial charge in [-0.05, 0) is 67.2 Å². The van der Waals surface area contributed by atoms with E-state index < -0.39 is 11.6 Å². The van der Waals surface area contributed by atoms with Gasteiger partial charge in [0, 0.05) is 5.56 Å². The van der Waals surface area contributed by atoms with Crippen molar-refractivity contribution in [3.63, 3.8) is 0 Å². The maximum Gasteiger partial charge on any atom is 0.201 e. The van der Waals surface area contributed by atoms with Gasteiger partial charge in [-0.1, -0.05) is 51.0 Å². The second kappa shape index (κ2) is 9.34. The first-order chi connectivity index (χ1) is 13.1. The molecule has 1 aliphatic carbocycles. The normalized spacial score (nSPS) is 19.9. The molecular formula is C24H30F2O. The lowest BCUT2D eigenvalue weighted by molar-refractivity contribution is 0.289. The third-order valence-electron chi connectivity index (χ3n) is 5.92. The fourth-order valence-electron chi connectivity index (χ4n) is 4.03. The Labute approximate surface area is 161 Å². The van der Waals surface area contributed by atoms with E-state index in [9.17, 15) is 8.78 Å². The van der Waals surface area contributed by atoms with Crippen LogP contribution in [0.25, 0.3) is 11.1 Å². The highest BCUT2D eigenvalue weighted by atomic mass is 19.2. The first-order valence-corrected chi connectivity index (χ1v) is 10.3. The molecule has 0 aromatic heterocycles. The van der Waals surface area contributed by atoms with Gasteiger partial charge in [-0.25, -0.2) is 4.39 Å². The number of unbranched alkanes of at least 4 members (excludes halogenated alkanes) is 1. The van der Waals surface area contributed by atoms with Gasteiger partial charge in [-0.2, -0.15) is 4.39 Å². The van der Waals surface area contributed by atoms with Crippen LogP contribution in [0, 0.1) is 17.6 Å². The second-order valence-corrected chi connectivity index (χ2v) is 7.69. The van der Waals surface area contributed by atoms with E-state index in [0.717, 1.165) is 18.8 Å². The summed E-state index contributed by atoms with van der Waals surface area (Å²) in [5, 5.41) is 0. The minimum atomic E-state index is -0.898. The predicted molar refractivity (Wildman–Crippen MR) is 107 cm³/mol. The average molecular weight is 372 g/mol. The van der Waals surface area contributed by atoms with Gasteiger partial charge in [0.2, 0.25) is 5.82 Å². The highest BCUT2D eigenvalue weighted by Gasteiger charge is 2.21. The molecular weight excluding hydrogens is 342 g/mol. The van der Waals surface area contributed by atoms with Gasteiger partial charge < -0.3 is 4.74 Å². The highest BCUT2D eigenvalue weighted by molar-refractivity contribution is 5.65. The Bertz CT molecular complexity index is 731. The molecule has 0 atom stereocenters. The van der Waals surface area contributed by atoms with E-state index >= 15 is 0 Å². The summed E-state index contributed by atoms with van der Waals surface area (Å²) in [6.45, 7) is 4.71. The van der Waals surface area contributed by atoms with Crippen LogP contribution in [0.1, 0.15) is 70.3 Å². The Morgan fingerprint density at radius 1 is 0.889 bits per heavy atom. The zero-order chi connectivity index (χ0) is 19.2. The SMILES string of the molecule is CCCCOc1ccc(-c2ccc(C3CCC(CC)CC3)cc2)c(F)c1F. The highest BCUT2D eigenvalue weighted by Crippen LogP contribution is 2.38. The van der Waals surface area contributed by atoms with Gasteiger partial charge in [-0.3, -0.25) is 0 Å². The third kappa shape index (κ3) is 4.69. The molecule has 1 saturated carbocycles. The topological polar surface area (TPSA) is 9.23 Å². The number of hydrogen-bond donors (Lipinski definition) is 0. The molecule has 0 radical (unpaired) electrons. The van der Waals surface area contributed by atoms with Gasteiger partial charge >= 0.3 is 0 Å². The molecule has 146 valence electrons. The van der Waals surface area contributed by atoms with E-state index in [2.05, 4.69) is 19.1 Å². The van der Waals surface area contributed by atoms with E-state index in [-0.39, 0.29) is 11.3 Å². The van der Waals surface area contributed by atoms with Gasteiger partial charge in [-0.15, -0.1) is 0 Å². The number of ether oxygens (including phenoxy) is 1. The molecule has 1 nitrogen and oxygen atoms in total. The Hall–Kier alpha value is -1.90. The van der Waals surface area contributed by atoms with Crippen molar-refractivity contribution in [3.05, 3.63) is 53.6 Å². The molecule has 1 fully saturated rings. The zero-order valence-corrected chi connectivity index (χ0v) is 16.4. The first-order valence-electron chi connectivity index (χ1n) is 10.3. The van der Waals surface area contributed by atoms with Gasteiger partial charge in [0.05, 0.1) is 6.61 Å². The number of benzene rings is 2. The number of rotatable bonds is 7. The van der Waals surface area contributed by atoms with Crippen molar-refractivity contribution in [2.45, 2.75) is 64.7 Å². The molecule has 3 heteroatoms. The van der Waals surface area contributed by atoms with Crippen LogP contribution in [0.3, 0.4) is 0 Å². The maximum absolute atomic E-state index is 14.5. The monoisotopic (exact) mass is 372 g/mol. The molecule has 0 amide bonds. The predicted octanol–water partition coefficient (Wildman–Crippen LogP) is 7.49. The van der Waals surface area contributed by atoms with E-state index in [4.69, 9.17) is 4.74 Å². The quantitative estimate of drug-likeness (QED) is 0.457. The molecule has 1 aliphatic rings. The zero-order valence-electron chi connectivity index (χ0n) is 16.4. The van der Waals surface area contributed by atoms with Crippen molar-refractivity contribution in [1.82, 2.24) is 0 Å². The molecule has 27 heavy (non-hydrogen) atoms. The molecule has 2 aromatic carbocycles. The Balaban J connectivity index is 1.72. The second-order valence-electron chi connectivity index (χ2n) is 7.69. The number of hydrogen-bond acceptors (Lipinski definition) is 1. The Morgan fingerprint density at radius 2 is 1.59 bits per heavy atom. The van der Waals surface area contributed by atoms with Crippen molar-refractivity contribution < 1.29 is 13.5 Å². The number of halogens is 2. The molecule has 0 spiro atoms. The molecule has 0 aliphatic heterocycles. The largest absolute Gasteiger partial charge is 0.490 e. The van der Waals surface area contributed by atoms with Crippen LogP contribution in [0.15, 0.2) is 36.4 Å². The summed E-state index contributed by atoms with van der Waals surface area (Å²) < 4.78 is 34.2. The van der Waals surface area contributed by atoms with Crippen LogP contribution in [0.5, 0.6) is 5.75 Å². The summed E-state index contributed by atoms with van der Waals surface area (Å²) in [6, 6.07) is 11.1. The molecule has 0 N–H and O–H groups in total. The Morgan fingerprint density at radius 3 is 2.22 bits per heavy atom. The molecule has 0 saturated heterocycles. The summed E-state index contributed by atoms with van der Waals surface area (Å²) in [5.74, 6) is -0.270. The van der Waals surface area contributed by atoms with Crippen molar-refractivity contribution in [2.24, 2.45) is 5.92 Å². The van der Waals surface area contributed by atoms with Crippen LogP contribution < -0.4 is 4.74 Å². The summed E-state index contributed by atoms with van der Waals surface area (Å²) in [5.41, 5.74) is 2.31.